The van der Waals surface area contributed by atoms with Gasteiger partial charge in [0, 0.05) is 10.4 Å². The fourth-order valence-electron chi connectivity index (χ4n) is 1.27. The van der Waals surface area contributed by atoms with Crippen molar-refractivity contribution in [3.8, 4) is 0 Å². The van der Waals surface area contributed by atoms with Crippen LogP contribution in [0.25, 0.3) is 0 Å². The van der Waals surface area contributed by atoms with Gasteiger partial charge in [-0.3, -0.25) is 0 Å². The van der Waals surface area contributed by atoms with E-state index in [4.69, 9.17) is 22.7 Å². The van der Waals surface area contributed by atoms with Crippen LogP contribution in [-0.2, 0) is 11.2 Å². The summed E-state index contributed by atoms with van der Waals surface area (Å²) in [6.07, 6.45) is 0.694. The molecule has 1 aromatic heterocycles. The molecule has 0 atom stereocenters. The third-order valence-electron chi connectivity index (χ3n) is 1.94. The molecule has 0 saturated carbocycles. The van der Waals surface area contributed by atoms with Crippen molar-refractivity contribution < 1.29 is 9.53 Å². The number of esters is 1. The second-order valence-corrected chi connectivity index (χ2v) is 5.20. The second-order valence-electron chi connectivity index (χ2n) is 3.62. The fourth-order valence-corrected chi connectivity index (χ4v) is 2.52. The van der Waals surface area contributed by atoms with E-state index in [1.165, 1.54) is 11.3 Å². The Labute approximate surface area is 105 Å². The highest BCUT2D eigenvalue weighted by molar-refractivity contribution is 7.80. The van der Waals surface area contributed by atoms with E-state index in [-0.39, 0.29) is 12.1 Å². The predicted octanol–water partition coefficient (Wildman–Crippen LogP) is 2.51. The van der Waals surface area contributed by atoms with E-state index in [9.17, 15) is 4.79 Å². The highest BCUT2D eigenvalue weighted by Crippen LogP contribution is 2.24. The number of aryl methyl sites for hydroxylation is 1. The number of thiocarbonyl (C=S) groups is 1. The highest BCUT2D eigenvalue weighted by atomic mass is 32.1. The van der Waals surface area contributed by atoms with Crippen LogP contribution in [0, 0.1) is 0 Å². The fraction of sp³-hybridized carbons (Fsp3) is 0.455. The van der Waals surface area contributed by atoms with Gasteiger partial charge in [-0.25, -0.2) is 4.79 Å². The van der Waals surface area contributed by atoms with Crippen LogP contribution >= 0.6 is 23.6 Å². The lowest BCUT2D eigenvalue weighted by Crippen LogP contribution is -2.11. The van der Waals surface area contributed by atoms with Gasteiger partial charge in [0.1, 0.15) is 9.87 Å². The maximum absolute atomic E-state index is 11.7. The molecule has 0 amide bonds. The molecule has 0 aliphatic rings. The number of hydrogen-bond donors (Lipinski definition) is 1. The standard InChI is InChI=1S/C11H15NO2S2/c1-4-8-7(10(12)15)5-9(16-8)11(13)14-6(2)3/h5-6H,4H2,1-3H3,(H2,12,15). The van der Waals surface area contributed by atoms with E-state index in [2.05, 4.69) is 0 Å². The van der Waals surface area contributed by atoms with Crippen molar-refractivity contribution >= 4 is 34.5 Å². The molecule has 0 radical (unpaired) electrons. The summed E-state index contributed by atoms with van der Waals surface area (Å²) in [6.45, 7) is 5.65. The summed E-state index contributed by atoms with van der Waals surface area (Å²) in [5.41, 5.74) is 6.38. The number of hydrogen-bond acceptors (Lipinski definition) is 4. The highest BCUT2D eigenvalue weighted by Gasteiger charge is 2.16. The molecule has 0 aliphatic heterocycles. The molecular weight excluding hydrogens is 242 g/mol. The van der Waals surface area contributed by atoms with Crippen molar-refractivity contribution in [3.63, 3.8) is 0 Å². The first-order valence-corrected chi connectivity index (χ1v) is 6.31. The van der Waals surface area contributed by atoms with Crippen LogP contribution in [0.15, 0.2) is 6.07 Å². The van der Waals surface area contributed by atoms with E-state index in [0.717, 1.165) is 16.9 Å². The molecule has 5 heteroatoms. The molecule has 0 spiro atoms. The van der Waals surface area contributed by atoms with E-state index in [1.54, 1.807) is 6.07 Å². The lowest BCUT2D eigenvalue weighted by Gasteiger charge is -2.05. The van der Waals surface area contributed by atoms with Gasteiger partial charge >= 0.3 is 5.97 Å². The maximum Gasteiger partial charge on any atom is 0.348 e. The molecule has 88 valence electrons. The molecule has 1 heterocycles. The Hall–Kier alpha value is -0.940. The molecule has 1 aromatic rings. The average molecular weight is 257 g/mol. The topological polar surface area (TPSA) is 52.3 Å². The van der Waals surface area contributed by atoms with Gasteiger partial charge in [0.25, 0.3) is 0 Å². The molecule has 3 nitrogen and oxygen atoms in total. The van der Waals surface area contributed by atoms with Crippen molar-refractivity contribution in [2.75, 3.05) is 0 Å². The average Bonchev–Trinajstić information content (AvgIpc) is 2.60. The van der Waals surface area contributed by atoms with E-state index in [1.807, 2.05) is 20.8 Å². The van der Waals surface area contributed by atoms with Crippen molar-refractivity contribution in [2.45, 2.75) is 33.3 Å². The summed E-state index contributed by atoms with van der Waals surface area (Å²) in [6, 6.07) is 1.72. The normalized spacial score (nSPS) is 10.5. The molecule has 1 rings (SSSR count). The minimum absolute atomic E-state index is 0.118. The molecule has 0 unspecified atom stereocenters. The molecule has 0 aliphatic carbocycles. The van der Waals surface area contributed by atoms with E-state index < -0.39 is 0 Å². The smallest absolute Gasteiger partial charge is 0.348 e. The largest absolute Gasteiger partial charge is 0.459 e. The minimum Gasteiger partial charge on any atom is -0.459 e. The Morgan fingerprint density at radius 1 is 1.62 bits per heavy atom. The van der Waals surface area contributed by atoms with Gasteiger partial charge in [0.05, 0.1) is 6.10 Å². The van der Waals surface area contributed by atoms with E-state index in [0.29, 0.717) is 9.87 Å². The SMILES string of the molecule is CCc1sc(C(=O)OC(C)C)cc1C(N)=S. The zero-order chi connectivity index (χ0) is 12.3. The summed E-state index contributed by atoms with van der Waals surface area (Å²) in [5, 5.41) is 0. The third-order valence-corrected chi connectivity index (χ3v) is 3.42. The summed E-state index contributed by atoms with van der Waals surface area (Å²) < 4.78 is 5.12. The molecule has 0 aromatic carbocycles. The monoisotopic (exact) mass is 257 g/mol. The van der Waals surface area contributed by atoms with Gasteiger partial charge in [0.15, 0.2) is 0 Å². The summed E-state index contributed by atoms with van der Waals surface area (Å²) in [5.74, 6) is -0.308. The van der Waals surface area contributed by atoms with Gasteiger partial charge in [-0.2, -0.15) is 0 Å². The van der Waals surface area contributed by atoms with Crippen molar-refractivity contribution in [2.24, 2.45) is 5.73 Å². The van der Waals surface area contributed by atoms with Gasteiger partial charge in [0.2, 0.25) is 0 Å². The number of nitrogens with two attached hydrogens (primary N) is 1. The van der Waals surface area contributed by atoms with Crippen LogP contribution in [0.1, 0.15) is 40.9 Å². The third kappa shape index (κ3) is 3.02. The Morgan fingerprint density at radius 3 is 2.62 bits per heavy atom. The quantitative estimate of drug-likeness (QED) is 0.665. The number of thiophene rings is 1. The van der Waals surface area contributed by atoms with Crippen LogP contribution in [-0.4, -0.2) is 17.1 Å². The molecule has 0 bridgehead atoms. The van der Waals surface area contributed by atoms with Crippen molar-refractivity contribution in [3.05, 3.63) is 21.4 Å². The number of ether oxygens (including phenoxy) is 1. The molecule has 16 heavy (non-hydrogen) atoms. The van der Waals surface area contributed by atoms with E-state index >= 15 is 0 Å². The summed E-state index contributed by atoms with van der Waals surface area (Å²) in [4.78, 5) is 13.6. The Morgan fingerprint density at radius 2 is 2.25 bits per heavy atom. The lowest BCUT2D eigenvalue weighted by molar-refractivity contribution is 0.0384. The lowest BCUT2D eigenvalue weighted by atomic mass is 10.2. The van der Waals surface area contributed by atoms with Gasteiger partial charge < -0.3 is 10.5 Å². The zero-order valence-corrected chi connectivity index (χ0v) is 11.2. The second kappa shape index (κ2) is 5.41. The first kappa shape index (κ1) is 13.1. The van der Waals surface area contributed by atoms with Gasteiger partial charge in [-0.1, -0.05) is 19.1 Å². The number of carbonyl (C=O) groups excluding carboxylic acids is 1. The van der Waals surface area contributed by atoms with Crippen LogP contribution in [0.4, 0.5) is 0 Å². The molecule has 0 fully saturated rings. The van der Waals surface area contributed by atoms with Gasteiger partial charge in [-0.15, -0.1) is 11.3 Å². The molecule has 0 saturated heterocycles. The number of carbonyl (C=O) groups is 1. The summed E-state index contributed by atoms with van der Waals surface area (Å²) >= 11 is 6.33. The maximum atomic E-state index is 11.7. The first-order valence-electron chi connectivity index (χ1n) is 5.09. The van der Waals surface area contributed by atoms with Gasteiger partial charge in [-0.05, 0) is 26.3 Å². The van der Waals surface area contributed by atoms with Crippen molar-refractivity contribution in [1.29, 1.82) is 0 Å². The van der Waals surface area contributed by atoms with Crippen LogP contribution in [0.3, 0.4) is 0 Å². The minimum atomic E-state index is -0.308. The summed E-state index contributed by atoms with van der Waals surface area (Å²) in [7, 11) is 0. The Balaban J connectivity index is 2.99. The Bertz CT molecular complexity index is 410. The van der Waals surface area contributed by atoms with Crippen LogP contribution in [0.2, 0.25) is 0 Å². The predicted molar refractivity (Wildman–Crippen MR) is 70.1 cm³/mol. The number of rotatable bonds is 4. The van der Waals surface area contributed by atoms with Crippen molar-refractivity contribution in [1.82, 2.24) is 0 Å². The Kier molecular flexibility index (Phi) is 4.44. The van der Waals surface area contributed by atoms with Crippen LogP contribution < -0.4 is 5.73 Å². The molecular formula is C11H15NO2S2. The molecule has 2 N–H and O–H groups in total. The first-order chi connectivity index (χ1) is 7.45. The van der Waals surface area contributed by atoms with Crippen LogP contribution in [0.5, 0.6) is 0 Å². The zero-order valence-electron chi connectivity index (χ0n) is 9.57.